The SMILES string of the molecule is Nc1cc(N)nc(SCC(=O)Nc2ccccc2C(F)(F)F)n1. The van der Waals surface area contributed by atoms with Gasteiger partial charge in [-0.3, -0.25) is 4.79 Å². The number of nitrogen functional groups attached to an aromatic ring is 2. The zero-order chi connectivity index (χ0) is 17.0. The molecule has 0 bridgehead atoms. The number of amides is 1. The molecule has 0 spiro atoms. The summed E-state index contributed by atoms with van der Waals surface area (Å²) in [6.07, 6.45) is -4.55. The number of hydrogen-bond donors (Lipinski definition) is 3. The molecule has 2 aromatic rings. The van der Waals surface area contributed by atoms with Crippen LogP contribution in [0.15, 0.2) is 35.5 Å². The first kappa shape index (κ1) is 16.9. The van der Waals surface area contributed by atoms with E-state index in [0.717, 1.165) is 17.8 Å². The number of hydrogen-bond acceptors (Lipinski definition) is 6. The summed E-state index contributed by atoms with van der Waals surface area (Å²) < 4.78 is 38.5. The highest BCUT2D eigenvalue weighted by Gasteiger charge is 2.33. The molecule has 0 aliphatic carbocycles. The summed E-state index contributed by atoms with van der Waals surface area (Å²) in [5.41, 5.74) is 9.75. The van der Waals surface area contributed by atoms with E-state index in [4.69, 9.17) is 11.5 Å². The number of nitrogens with zero attached hydrogens (tertiary/aromatic N) is 2. The fourth-order valence-electron chi connectivity index (χ4n) is 1.68. The molecule has 0 aliphatic heterocycles. The summed E-state index contributed by atoms with van der Waals surface area (Å²) in [6, 6.07) is 6.07. The van der Waals surface area contributed by atoms with Crippen LogP contribution in [0.4, 0.5) is 30.5 Å². The third kappa shape index (κ3) is 4.74. The topological polar surface area (TPSA) is 107 Å². The normalized spacial score (nSPS) is 11.3. The molecule has 0 atom stereocenters. The molecule has 6 nitrogen and oxygen atoms in total. The molecule has 1 heterocycles. The number of benzene rings is 1. The lowest BCUT2D eigenvalue weighted by molar-refractivity contribution is -0.137. The molecule has 0 aliphatic rings. The number of rotatable bonds is 4. The van der Waals surface area contributed by atoms with Crippen molar-refractivity contribution >= 4 is 35.0 Å². The minimum atomic E-state index is -4.55. The minimum absolute atomic E-state index is 0.142. The van der Waals surface area contributed by atoms with Gasteiger partial charge in [-0.15, -0.1) is 0 Å². The highest BCUT2D eigenvalue weighted by Crippen LogP contribution is 2.34. The summed E-state index contributed by atoms with van der Waals surface area (Å²) in [6.45, 7) is 0. The molecule has 0 unspecified atom stereocenters. The number of nitrogens with two attached hydrogens (primary N) is 2. The lowest BCUT2D eigenvalue weighted by Crippen LogP contribution is -2.18. The molecule has 0 radical (unpaired) electrons. The van der Waals surface area contributed by atoms with Gasteiger partial charge in [-0.25, -0.2) is 9.97 Å². The van der Waals surface area contributed by atoms with Crippen LogP contribution in [0, 0.1) is 0 Å². The Balaban J connectivity index is 2.03. The first-order valence-electron chi connectivity index (χ1n) is 6.24. The van der Waals surface area contributed by atoms with Gasteiger partial charge in [0.25, 0.3) is 0 Å². The number of para-hydroxylation sites is 1. The number of aromatic nitrogens is 2. The predicted molar refractivity (Wildman–Crippen MR) is 81.7 cm³/mol. The zero-order valence-electron chi connectivity index (χ0n) is 11.6. The lowest BCUT2D eigenvalue weighted by Gasteiger charge is -2.13. The molecule has 0 saturated carbocycles. The van der Waals surface area contributed by atoms with Crippen molar-refractivity contribution < 1.29 is 18.0 Å². The maximum atomic E-state index is 12.8. The molecule has 0 fully saturated rings. The smallest absolute Gasteiger partial charge is 0.383 e. The van der Waals surface area contributed by atoms with Gasteiger partial charge in [0.05, 0.1) is 17.0 Å². The second kappa shape index (κ2) is 6.73. The first-order valence-corrected chi connectivity index (χ1v) is 7.23. The minimum Gasteiger partial charge on any atom is -0.383 e. The van der Waals surface area contributed by atoms with E-state index in [0.29, 0.717) is 0 Å². The fraction of sp³-hybridized carbons (Fsp3) is 0.154. The number of alkyl halides is 3. The summed E-state index contributed by atoms with van der Waals surface area (Å²) in [5.74, 6) is -0.531. The van der Waals surface area contributed by atoms with E-state index in [1.54, 1.807) is 0 Å². The maximum Gasteiger partial charge on any atom is 0.418 e. The van der Waals surface area contributed by atoms with E-state index in [1.165, 1.54) is 24.3 Å². The van der Waals surface area contributed by atoms with Gasteiger partial charge in [0, 0.05) is 6.07 Å². The van der Waals surface area contributed by atoms with Crippen molar-refractivity contribution in [3.8, 4) is 0 Å². The number of nitrogens with one attached hydrogen (secondary N) is 1. The van der Waals surface area contributed by atoms with Crippen molar-refractivity contribution in [3.05, 3.63) is 35.9 Å². The van der Waals surface area contributed by atoms with E-state index >= 15 is 0 Å². The third-order valence-electron chi connectivity index (χ3n) is 2.58. The quantitative estimate of drug-likeness (QED) is 0.581. The van der Waals surface area contributed by atoms with Crippen LogP contribution in [-0.2, 0) is 11.0 Å². The molecule has 122 valence electrons. The Morgan fingerprint density at radius 1 is 1.17 bits per heavy atom. The average Bonchev–Trinajstić information content (AvgIpc) is 2.43. The van der Waals surface area contributed by atoms with Crippen molar-refractivity contribution in [3.63, 3.8) is 0 Å². The van der Waals surface area contributed by atoms with Gasteiger partial charge in [0.2, 0.25) is 5.91 Å². The molecule has 1 aromatic carbocycles. The number of carbonyl (C=O) groups is 1. The largest absolute Gasteiger partial charge is 0.418 e. The Hall–Kier alpha value is -2.49. The van der Waals surface area contributed by atoms with Gasteiger partial charge in [-0.2, -0.15) is 13.2 Å². The van der Waals surface area contributed by atoms with E-state index in [9.17, 15) is 18.0 Å². The summed E-state index contributed by atoms with van der Waals surface area (Å²) in [4.78, 5) is 19.5. The van der Waals surface area contributed by atoms with Gasteiger partial charge in [-0.1, -0.05) is 23.9 Å². The predicted octanol–water partition coefficient (Wildman–Crippen LogP) is 2.39. The van der Waals surface area contributed by atoms with Crippen LogP contribution >= 0.6 is 11.8 Å². The van der Waals surface area contributed by atoms with Gasteiger partial charge in [0.1, 0.15) is 11.6 Å². The summed E-state index contributed by atoms with van der Waals surface area (Å²) in [7, 11) is 0. The zero-order valence-corrected chi connectivity index (χ0v) is 12.4. The Morgan fingerprint density at radius 2 is 1.78 bits per heavy atom. The molecular weight excluding hydrogens is 331 g/mol. The Labute approximate surface area is 133 Å². The van der Waals surface area contributed by atoms with Crippen LogP contribution in [-0.4, -0.2) is 21.6 Å². The Bertz CT molecular complexity index is 703. The van der Waals surface area contributed by atoms with Gasteiger partial charge in [-0.05, 0) is 12.1 Å². The number of thioether (sulfide) groups is 1. The van der Waals surface area contributed by atoms with Gasteiger partial charge >= 0.3 is 6.18 Å². The molecule has 2 rings (SSSR count). The lowest BCUT2D eigenvalue weighted by atomic mass is 10.1. The molecule has 23 heavy (non-hydrogen) atoms. The third-order valence-corrected chi connectivity index (χ3v) is 3.43. The molecule has 10 heteroatoms. The van der Waals surface area contributed by atoms with Crippen molar-refractivity contribution in [1.29, 1.82) is 0 Å². The van der Waals surface area contributed by atoms with Crippen LogP contribution in [0.3, 0.4) is 0 Å². The second-order valence-electron chi connectivity index (χ2n) is 4.38. The van der Waals surface area contributed by atoms with Gasteiger partial charge in [0.15, 0.2) is 5.16 Å². The van der Waals surface area contributed by atoms with Crippen LogP contribution in [0.2, 0.25) is 0 Å². The number of anilines is 3. The van der Waals surface area contributed by atoms with E-state index < -0.39 is 17.6 Å². The first-order chi connectivity index (χ1) is 10.8. The van der Waals surface area contributed by atoms with Crippen molar-refractivity contribution in [2.75, 3.05) is 22.5 Å². The highest BCUT2D eigenvalue weighted by atomic mass is 32.2. The van der Waals surface area contributed by atoms with E-state index in [-0.39, 0.29) is 28.2 Å². The monoisotopic (exact) mass is 343 g/mol. The van der Waals surface area contributed by atoms with E-state index in [1.807, 2.05) is 0 Å². The summed E-state index contributed by atoms with van der Waals surface area (Å²) >= 11 is 0.914. The molecular formula is C13H12F3N5OS. The molecule has 1 amide bonds. The second-order valence-corrected chi connectivity index (χ2v) is 5.32. The van der Waals surface area contributed by atoms with Gasteiger partial charge < -0.3 is 16.8 Å². The van der Waals surface area contributed by atoms with Crippen LogP contribution in [0.1, 0.15) is 5.56 Å². The summed E-state index contributed by atoms with van der Waals surface area (Å²) in [5, 5.41) is 2.39. The van der Waals surface area contributed by atoms with Crippen LogP contribution in [0.5, 0.6) is 0 Å². The fourth-order valence-corrected chi connectivity index (χ4v) is 2.35. The van der Waals surface area contributed by atoms with E-state index in [2.05, 4.69) is 15.3 Å². The number of carbonyl (C=O) groups excluding carboxylic acids is 1. The molecule has 1 aromatic heterocycles. The van der Waals surface area contributed by atoms with Crippen molar-refractivity contribution in [2.24, 2.45) is 0 Å². The van der Waals surface area contributed by atoms with Crippen LogP contribution in [0.25, 0.3) is 0 Å². The Morgan fingerprint density at radius 3 is 2.39 bits per heavy atom. The molecule has 0 saturated heterocycles. The maximum absolute atomic E-state index is 12.8. The molecule has 5 N–H and O–H groups in total. The average molecular weight is 343 g/mol. The van der Waals surface area contributed by atoms with Crippen molar-refractivity contribution in [1.82, 2.24) is 9.97 Å². The highest BCUT2D eigenvalue weighted by molar-refractivity contribution is 7.99. The Kier molecular flexibility index (Phi) is 4.94. The van der Waals surface area contributed by atoms with Crippen LogP contribution < -0.4 is 16.8 Å². The number of halogens is 3. The van der Waals surface area contributed by atoms with Crippen molar-refractivity contribution in [2.45, 2.75) is 11.3 Å². The standard InChI is InChI=1S/C13H12F3N5OS/c14-13(15,16)7-3-1-2-4-8(7)19-11(22)6-23-12-20-9(17)5-10(18)21-12/h1-5H,6H2,(H,19,22)(H4,17,18,20,21).